The molecular formula is C12H19NO4. The average molecular weight is 241 g/mol. The molecule has 5 heteroatoms. The van der Waals surface area contributed by atoms with Crippen LogP contribution < -0.4 is 0 Å². The highest BCUT2D eigenvalue weighted by Gasteiger charge is 2.34. The molecule has 1 aliphatic heterocycles. The fourth-order valence-electron chi connectivity index (χ4n) is 1.70. The summed E-state index contributed by atoms with van der Waals surface area (Å²) in [6.45, 7) is 4.61. The average Bonchev–Trinajstić information content (AvgIpc) is 2.31. The lowest BCUT2D eigenvalue weighted by molar-refractivity contribution is -0.162. The second-order valence-corrected chi connectivity index (χ2v) is 3.67. The predicted octanol–water partition coefficient (Wildman–Crippen LogP) is 1.09. The third-order valence-electron chi connectivity index (χ3n) is 2.44. The van der Waals surface area contributed by atoms with Crippen LogP contribution in [0.2, 0.25) is 0 Å². The van der Waals surface area contributed by atoms with E-state index >= 15 is 0 Å². The van der Waals surface area contributed by atoms with E-state index in [4.69, 9.17) is 9.47 Å². The molecule has 0 radical (unpaired) electrons. The zero-order valence-electron chi connectivity index (χ0n) is 10.3. The molecule has 0 unspecified atom stereocenters. The molecule has 17 heavy (non-hydrogen) atoms. The smallest absolute Gasteiger partial charge is 0.340 e. The Morgan fingerprint density at radius 2 is 1.82 bits per heavy atom. The zero-order chi connectivity index (χ0) is 12.7. The minimum Gasteiger partial charge on any atom is -0.464 e. The molecule has 0 atom stereocenters. The van der Waals surface area contributed by atoms with Gasteiger partial charge in [-0.25, -0.2) is 9.59 Å². The molecule has 0 amide bonds. The number of hydrogen-bond acceptors (Lipinski definition) is 5. The second kappa shape index (κ2) is 6.93. The molecule has 0 bridgehead atoms. The first kappa shape index (κ1) is 13.5. The summed E-state index contributed by atoms with van der Waals surface area (Å²) in [7, 11) is 0. The molecule has 5 nitrogen and oxygen atoms in total. The van der Waals surface area contributed by atoms with Gasteiger partial charge in [0.15, 0.2) is 0 Å². The third kappa shape index (κ3) is 3.76. The molecule has 1 rings (SSSR count). The van der Waals surface area contributed by atoms with Gasteiger partial charge in [-0.15, -0.1) is 0 Å². The molecule has 0 spiro atoms. The van der Waals surface area contributed by atoms with Crippen LogP contribution in [0.15, 0.2) is 12.3 Å². The van der Waals surface area contributed by atoms with Gasteiger partial charge in [-0.05, 0) is 32.9 Å². The Morgan fingerprint density at radius 1 is 1.24 bits per heavy atom. The summed E-state index contributed by atoms with van der Waals surface area (Å²) in [4.78, 5) is 25.2. The van der Waals surface area contributed by atoms with Crippen molar-refractivity contribution in [2.45, 2.75) is 32.7 Å². The van der Waals surface area contributed by atoms with Crippen molar-refractivity contribution in [3.63, 3.8) is 0 Å². The molecule has 0 saturated heterocycles. The first-order valence-electron chi connectivity index (χ1n) is 5.96. The van der Waals surface area contributed by atoms with E-state index < -0.39 is 18.0 Å². The van der Waals surface area contributed by atoms with Gasteiger partial charge >= 0.3 is 11.9 Å². The van der Waals surface area contributed by atoms with Crippen LogP contribution in [-0.4, -0.2) is 42.6 Å². The van der Waals surface area contributed by atoms with Crippen molar-refractivity contribution in [1.82, 2.24) is 4.90 Å². The fourth-order valence-corrected chi connectivity index (χ4v) is 1.70. The summed E-state index contributed by atoms with van der Waals surface area (Å²) in [5, 5.41) is 0. The van der Waals surface area contributed by atoms with Gasteiger partial charge in [0, 0.05) is 6.54 Å². The highest BCUT2D eigenvalue weighted by Crippen LogP contribution is 2.12. The number of nitrogens with zero attached hydrogens (tertiary/aromatic N) is 1. The largest absolute Gasteiger partial charge is 0.464 e. The molecule has 0 aromatic heterocycles. The normalized spacial score (nSPS) is 14.9. The number of hydrogen-bond donors (Lipinski definition) is 0. The maximum atomic E-state index is 11.8. The monoisotopic (exact) mass is 241 g/mol. The molecule has 0 N–H and O–H groups in total. The van der Waals surface area contributed by atoms with Crippen molar-refractivity contribution in [1.29, 1.82) is 0 Å². The van der Waals surface area contributed by atoms with Crippen LogP contribution in [0.25, 0.3) is 0 Å². The van der Waals surface area contributed by atoms with E-state index in [0.717, 1.165) is 12.8 Å². The van der Waals surface area contributed by atoms with Crippen LogP contribution in [-0.2, 0) is 19.1 Å². The third-order valence-corrected chi connectivity index (χ3v) is 2.44. The van der Waals surface area contributed by atoms with Crippen molar-refractivity contribution >= 4 is 11.9 Å². The summed E-state index contributed by atoms with van der Waals surface area (Å²) < 4.78 is 9.82. The predicted molar refractivity (Wildman–Crippen MR) is 62.1 cm³/mol. The van der Waals surface area contributed by atoms with Crippen molar-refractivity contribution in [2.75, 3.05) is 19.8 Å². The zero-order valence-corrected chi connectivity index (χ0v) is 10.3. The minimum atomic E-state index is -0.966. The van der Waals surface area contributed by atoms with E-state index in [9.17, 15) is 9.59 Å². The fraction of sp³-hybridized carbons (Fsp3) is 0.667. The molecule has 0 aliphatic carbocycles. The Morgan fingerprint density at radius 3 is 2.24 bits per heavy atom. The summed E-state index contributed by atoms with van der Waals surface area (Å²) in [6.07, 6.45) is 5.59. The van der Waals surface area contributed by atoms with Crippen LogP contribution in [0.5, 0.6) is 0 Å². The first-order valence-corrected chi connectivity index (χ1v) is 5.96. The number of esters is 2. The first-order chi connectivity index (χ1) is 8.20. The molecule has 1 heterocycles. The van der Waals surface area contributed by atoms with Gasteiger partial charge in [0.25, 0.3) is 0 Å². The van der Waals surface area contributed by atoms with Crippen molar-refractivity contribution in [3.8, 4) is 0 Å². The Bertz CT molecular complexity index is 283. The Labute approximate surface area is 101 Å². The maximum absolute atomic E-state index is 11.8. The molecule has 0 aromatic carbocycles. The van der Waals surface area contributed by atoms with Crippen molar-refractivity contribution in [2.24, 2.45) is 0 Å². The number of carbonyl (C=O) groups excluding carboxylic acids is 2. The van der Waals surface area contributed by atoms with Gasteiger partial charge in [-0.2, -0.15) is 0 Å². The van der Waals surface area contributed by atoms with Gasteiger partial charge in [0.05, 0.1) is 13.2 Å². The van der Waals surface area contributed by atoms with Crippen LogP contribution in [0.3, 0.4) is 0 Å². The quantitative estimate of drug-likeness (QED) is 0.532. The van der Waals surface area contributed by atoms with Gasteiger partial charge in [0.1, 0.15) is 0 Å². The summed E-state index contributed by atoms with van der Waals surface area (Å²) in [6, 6.07) is -0.966. The van der Waals surface area contributed by atoms with E-state index in [2.05, 4.69) is 0 Å². The van der Waals surface area contributed by atoms with Crippen LogP contribution in [0, 0.1) is 0 Å². The minimum absolute atomic E-state index is 0.256. The molecule has 1 aliphatic rings. The van der Waals surface area contributed by atoms with Crippen LogP contribution >= 0.6 is 0 Å². The Hall–Kier alpha value is -1.52. The van der Waals surface area contributed by atoms with E-state index in [-0.39, 0.29) is 13.2 Å². The lowest BCUT2D eigenvalue weighted by Crippen LogP contribution is -2.47. The van der Waals surface area contributed by atoms with Crippen LogP contribution in [0.4, 0.5) is 0 Å². The van der Waals surface area contributed by atoms with Gasteiger partial charge < -0.3 is 14.4 Å². The van der Waals surface area contributed by atoms with E-state index in [1.807, 2.05) is 6.08 Å². The van der Waals surface area contributed by atoms with Crippen LogP contribution in [0.1, 0.15) is 26.7 Å². The van der Waals surface area contributed by atoms with Crippen molar-refractivity contribution < 1.29 is 19.1 Å². The summed E-state index contributed by atoms with van der Waals surface area (Å²) >= 11 is 0. The molecule has 0 fully saturated rings. The number of ether oxygens (including phenoxy) is 2. The molecule has 0 saturated carbocycles. The van der Waals surface area contributed by atoms with E-state index in [1.165, 1.54) is 0 Å². The lowest BCUT2D eigenvalue weighted by Gasteiger charge is -2.29. The highest BCUT2D eigenvalue weighted by molar-refractivity contribution is 5.99. The number of carbonyl (C=O) groups is 2. The van der Waals surface area contributed by atoms with Gasteiger partial charge in [-0.1, -0.05) is 6.08 Å². The number of rotatable bonds is 5. The SMILES string of the molecule is CCOC(=O)C(C(=O)OCC)N1C=CCCC1. The Kier molecular flexibility index (Phi) is 5.52. The molecule has 96 valence electrons. The van der Waals surface area contributed by atoms with E-state index in [1.54, 1.807) is 24.9 Å². The van der Waals surface area contributed by atoms with Gasteiger partial charge in [-0.3, -0.25) is 0 Å². The van der Waals surface area contributed by atoms with Crippen molar-refractivity contribution in [3.05, 3.63) is 12.3 Å². The highest BCUT2D eigenvalue weighted by atomic mass is 16.6. The number of allylic oxidation sites excluding steroid dienone is 1. The second-order valence-electron chi connectivity index (χ2n) is 3.67. The van der Waals surface area contributed by atoms with E-state index in [0.29, 0.717) is 6.54 Å². The molecule has 0 aromatic rings. The maximum Gasteiger partial charge on any atom is 0.340 e. The molecular weight excluding hydrogens is 222 g/mol. The summed E-state index contributed by atoms with van der Waals surface area (Å²) in [5.74, 6) is -1.09. The lowest BCUT2D eigenvalue weighted by atomic mass is 10.1. The van der Waals surface area contributed by atoms with Gasteiger partial charge in [0.2, 0.25) is 6.04 Å². The summed E-state index contributed by atoms with van der Waals surface area (Å²) in [5.41, 5.74) is 0. The Balaban J connectivity index is 2.76. The topological polar surface area (TPSA) is 55.8 Å². The standard InChI is InChI=1S/C12H19NO4/c1-3-16-11(14)10(12(15)17-4-2)13-8-6-5-7-9-13/h6,8,10H,3-5,7,9H2,1-2H3.